The molecule has 0 saturated carbocycles. The van der Waals surface area contributed by atoms with Gasteiger partial charge in [0.25, 0.3) is 0 Å². The molecule has 0 aliphatic rings. The highest BCUT2D eigenvalue weighted by molar-refractivity contribution is 7.89. The van der Waals surface area contributed by atoms with Crippen LogP contribution >= 0.6 is 0 Å². The Kier molecular flexibility index (Phi) is 5.44. The molecular formula is C12H17FN2O3S. The topological polar surface area (TPSA) is 75.3 Å². The van der Waals surface area contributed by atoms with Crippen LogP contribution in [0.2, 0.25) is 0 Å². The molecule has 0 aromatic heterocycles. The lowest BCUT2D eigenvalue weighted by Crippen LogP contribution is -2.40. The molecular weight excluding hydrogens is 271 g/mol. The lowest BCUT2D eigenvalue weighted by Gasteiger charge is -2.12. The quantitative estimate of drug-likeness (QED) is 0.820. The van der Waals surface area contributed by atoms with Gasteiger partial charge in [0.15, 0.2) is 0 Å². The third-order valence-corrected chi connectivity index (χ3v) is 3.98. The van der Waals surface area contributed by atoms with Crippen LogP contribution in [0.3, 0.4) is 0 Å². The summed E-state index contributed by atoms with van der Waals surface area (Å²) in [5.41, 5.74) is 0. The van der Waals surface area contributed by atoms with E-state index in [1.807, 2.05) is 13.8 Å². The Bertz CT molecular complexity index is 528. The predicted molar refractivity (Wildman–Crippen MR) is 69.5 cm³/mol. The molecule has 1 atom stereocenters. The van der Waals surface area contributed by atoms with Crippen molar-refractivity contribution in [1.82, 2.24) is 10.0 Å². The number of nitrogens with one attached hydrogen (secondary N) is 2. The molecule has 0 aliphatic heterocycles. The zero-order chi connectivity index (χ0) is 14.5. The number of amides is 1. The van der Waals surface area contributed by atoms with E-state index >= 15 is 0 Å². The molecule has 1 rings (SSSR count). The lowest BCUT2D eigenvalue weighted by atomic mass is 10.2. The van der Waals surface area contributed by atoms with E-state index < -0.39 is 21.7 Å². The van der Waals surface area contributed by atoms with Crippen molar-refractivity contribution >= 4 is 15.9 Å². The van der Waals surface area contributed by atoms with Gasteiger partial charge in [-0.15, -0.1) is 0 Å². The first-order valence-electron chi connectivity index (χ1n) is 5.89. The summed E-state index contributed by atoms with van der Waals surface area (Å²) in [6.45, 7) is 3.39. The summed E-state index contributed by atoms with van der Waals surface area (Å²) in [5, 5.41) is 2.64. The van der Waals surface area contributed by atoms with E-state index in [1.54, 1.807) is 0 Å². The van der Waals surface area contributed by atoms with Gasteiger partial charge in [-0.1, -0.05) is 6.92 Å². The Hall–Kier alpha value is -1.47. The fourth-order valence-corrected chi connectivity index (χ4v) is 2.27. The lowest BCUT2D eigenvalue weighted by molar-refractivity contribution is -0.120. The highest BCUT2D eigenvalue weighted by Crippen LogP contribution is 2.08. The van der Waals surface area contributed by atoms with Gasteiger partial charge in [-0.25, -0.2) is 17.5 Å². The second-order valence-corrected chi connectivity index (χ2v) is 5.92. The molecule has 7 heteroatoms. The van der Waals surface area contributed by atoms with Gasteiger partial charge >= 0.3 is 0 Å². The minimum Gasteiger partial charge on any atom is -0.353 e. The fourth-order valence-electron chi connectivity index (χ4n) is 1.29. The zero-order valence-corrected chi connectivity index (χ0v) is 11.6. The molecule has 0 radical (unpaired) electrons. The largest absolute Gasteiger partial charge is 0.353 e. The predicted octanol–water partition coefficient (Wildman–Crippen LogP) is 1.02. The van der Waals surface area contributed by atoms with E-state index in [-0.39, 0.29) is 17.5 Å². The average Bonchev–Trinajstić information content (AvgIpc) is 2.37. The molecule has 2 N–H and O–H groups in total. The molecule has 1 amide bonds. The van der Waals surface area contributed by atoms with Gasteiger partial charge < -0.3 is 5.32 Å². The number of carbonyl (C=O) groups is 1. The van der Waals surface area contributed by atoms with Crippen LogP contribution in [-0.4, -0.2) is 26.9 Å². The van der Waals surface area contributed by atoms with Crippen LogP contribution in [-0.2, 0) is 14.8 Å². The van der Waals surface area contributed by atoms with Crippen molar-refractivity contribution in [2.75, 3.05) is 6.54 Å². The highest BCUT2D eigenvalue weighted by atomic mass is 32.2. The minimum absolute atomic E-state index is 0.0113. The van der Waals surface area contributed by atoms with Gasteiger partial charge in [-0.2, -0.15) is 0 Å². The number of sulfonamides is 1. The minimum atomic E-state index is -3.79. The Morgan fingerprint density at radius 2 is 1.89 bits per heavy atom. The SMILES string of the molecule is CC[C@@H](C)NC(=O)CNS(=O)(=O)c1ccc(F)cc1. The summed E-state index contributed by atoms with van der Waals surface area (Å²) >= 11 is 0. The molecule has 0 bridgehead atoms. The van der Waals surface area contributed by atoms with Crippen LogP contribution < -0.4 is 10.0 Å². The number of rotatable bonds is 6. The molecule has 5 nitrogen and oxygen atoms in total. The maximum Gasteiger partial charge on any atom is 0.241 e. The van der Waals surface area contributed by atoms with Gasteiger partial charge in [-0.3, -0.25) is 4.79 Å². The first kappa shape index (κ1) is 15.6. The Morgan fingerprint density at radius 3 is 2.42 bits per heavy atom. The van der Waals surface area contributed by atoms with Crippen molar-refractivity contribution < 1.29 is 17.6 Å². The summed E-state index contributed by atoms with van der Waals surface area (Å²) in [7, 11) is -3.79. The summed E-state index contributed by atoms with van der Waals surface area (Å²) < 4.78 is 38.4. The molecule has 19 heavy (non-hydrogen) atoms. The van der Waals surface area contributed by atoms with Gasteiger partial charge in [0.1, 0.15) is 5.82 Å². The molecule has 0 aliphatic carbocycles. The second-order valence-electron chi connectivity index (χ2n) is 4.16. The van der Waals surface area contributed by atoms with Crippen LogP contribution in [0, 0.1) is 5.82 Å². The molecule has 106 valence electrons. The van der Waals surface area contributed by atoms with Crippen LogP contribution in [0.4, 0.5) is 4.39 Å². The average molecular weight is 288 g/mol. The highest BCUT2D eigenvalue weighted by Gasteiger charge is 2.15. The van der Waals surface area contributed by atoms with Crippen LogP contribution in [0.25, 0.3) is 0 Å². The number of hydrogen-bond acceptors (Lipinski definition) is 3. The van der Waals surface area contributed by atoms with E-state index in [0.29, 0.717) is 0 Å². The molecule has 0 spiro atoms. The molecule has 0 saturated heterocycles. The van der Waals surface area contributed by atoms with Crippen molar-refractivity contribution in [3.8, 4) is 0 Å². The summed E-state index contributed by atoms with van der Waals surface area (Å²) in [5.74, 6) is -0.923. The van der Waals surface area contributed by atoms with Crippen molar-refractivity contribution in [3.05, 3.63) is 30.1 Å². The van der Waals surface area contributed by atoms with E-state index in [0.717, 1.165) is 30.7 Å². The normalized spacial score (nSPS) is 13.0. The maximum absolute atomic E-state index is 12.7. The van der Waals surface area contributed by atoms with Crippen molar-refractivity contribution in [2.24, 2.45) is 0 Å². The van der Waals surface area contributed by atoms with Crippen LogP contribution in [0.15, 0.2) is 29.2 Å². The van der Waals surface area contributed by atoms with Gasteiger partial charge in [-0.05, 0) is 37.6 Å². The third kappa shape index (κ3) is 4.96. The van der Waals surface area contributed by atoms with Crippen LogP contribution in [0.1, 0.15) is 20.3 Å². The summed E-state index contributed by atoms with van der Waals surface area (Å²) in [6, 6.07) is 4.37. The third-order valence-electron chi connectivity index (χ3n) is 2.57. The Labute approximate surface area is 112 Å². The smallest absolute Gasteiger partial charge is 0.241 e. The number of benzene rings is 1. The molecule has 1 aromatic rings. The van der Waals surface area contributed by atoms with Crippen molar-refractivity contribution in [2.45, 2.75) is 31.2 Å². The maximum atomic E-state index is 12.7. The van der Waals surface area contributed by atoms with E-state index in [4.69, 9.17) is 0 Å². The van der Waals surface area contributed by atoms with E-state index in [1.165, 1.54) is 0 Å². The molecule has 0 unspecified atom stereocenters. The fraction of sp³-hybridized carbons (Fsp3) is 0.417. The van der Waals surface area contributed by atoms with Crippen molar-refractivity contribution in [1.29, 1.82) is 0 Å². The Balaban J connectivity index is 2.61. The Morgan fingerprint density at radius 1 is 1.32 bits per heavy atom. The number of hydrogen-bond donors (Lipinski definition) is 2. The van der Waals surface area contributed by atoms with E-state index in [9.17, 15) is 17.6 Å². The zero-order valence-electron chi connectivity index (χ0n) is 10.8. The van der Waals surface area contributed by atoms with Gasteiger partial charge in [0.2, 0.25) is 15.9 Å². The molecule has 1 aromatic carbocycles. The first-order valence-corrected chi connectivity index (χ1v) is 7.38. The monoisotopic (exact) mass is 288 g/mol. The second kappa shape index (κ2) is 6.63. The summed E-state index contributed by atoms with van der Waals surface area (Å²) in [6.07, 6.45) is 0.760. The van der Waals surface area contributed by atoms with Crippen molar-refractivity contribution in [3.63, 3.8) is 0 Å². The molecule has 0 heterocycles. The molecule has 0 fully saturated rings. The van der Waals surface area contributed by atoms with E-state index in [2.05, 4.69) is 10.0 Å². The van der Waals surface area contributed by atoms with Gasteiger partial charge in [0, 0.05) is 6.04 Å². The first-order chi connectivity index (χ1) is 8.85. The summed E-state index contributed by atoms with van der Waals surface area (Å²) in [4.78, 5) is 11.4. The van der Waals surface area contributed by atoms with Crippen LogP contribution in [0.5, 0.6) is 0 Å². The number of halogens is 1. The number of carbonyl (C=O) groups excluding carboxylic acids is 1. The van der Waals surface area contributed by atoms with Gasteiger partial charge in [0.05, 0.1) is 11.4 Å². The standard InChI is InChI=1S/C12H17FN2O3S/c1-3-9(2)15-12(16)8-14-19(17,18)11-6-4-10(13)5-7-11/h4-7,9,14H,3,8H2,1-2H3,(H,15,16)/t9-/m1/s1.